The summed E-state index contributed by atoms with van der Waals surface area (Å²) in [6.07, 6.45) is -0.180. The lowest BCUT2D eigenvalue weighted by Crippen LogP contribution is -2.51. The molecular formula is C28H39N3O8. The van der Waals surface area contributed by atoms with Crippen LogP contribution in [0.25, 0.3) is 0 Å². The van der Waals surface area contributed by atoms with Gasteiger partial charge in [0.05, 0.1) is 44.8 Å². The van der Waals surface area contributed by atoms with Crippen molar-refractivity contribution in [1.82, 2.24) is 5.32 Å². The number of piperidine rings is 1. The summed E-state index contributed by atoms with van der Waals surface area (Å²) in [5.41, 5.74) is 3.19. The minimum atomic E-state index is -0.789. The Morgan fingerprint density at radius 3 is 2.62 bits per heavy atom. The fourth-order valence-electron chi connectivity index (χ4n) is 5.12. The zero-order chi connectivity index (χ0) is 27.6. The monoisotopic (exact) mass is 545 g/mol. The number of rotatable bonds is 14. The second kappa shape index (κ2) is 14.3. The molecule has 2 aliphatic rings. The number of anilines is 1. The van der Waals surface area contributed by atoms with E-state index in [0.717, 1.165) is 54.4 Å². The van der Waals surface area contributed by atoms with Gasteiger partial charge in [-0.1, -0.05) is 18.2 Å². The van der Waals surface area contributed by atoms with E-state index in [1.807, 2.05) is 36.4 Å². The second-order valence-corrected chi connectivity index (χ2v) is 9.80. The normalized spacial score (nSPS) is 21.5. The summed E-state index contributed by atoms with van der Waals surface area (Å²) in [4.78, 5) is 17.7. The quantitative estimate of drug-likeness (QED) is 0.216. The van der Waals surface area contributed by atoms with Crippen molar-refractivity contribution >= 4 is 5.69 Å². The molecule has 39 heavy (non-hydrogen) atoms. The van der Waals surface area contributed by atoms with Crippen LogP contribution in [0.15, 0.2) is 42.5 Å². The van der Waals surface area contributed by atoms with E-state index in [1.165, 1.54) is 0 Å². The summed E-state index contributed by atoms with van der Waals surface area (Å²) < 4.78 is 29.1. The highest BCUT2D eigenvalue weighted by atomic mass is 17.0. The van der Waals surface area contributed by atoms with E-state index in [9.17, 15) is 10.1 Å². The van der Waals surface area contributed by atoms with Gasteiger partial charge in [-0.15, -0.1) is 10.1 Å². The van der Waals surface area contributed by atoms with E-state index in [0.29, 0.717) is 26.3 Å². The number of nitrogens with zero attached hydrogens (tertiary/aromatic N) is 2. The minimum Gasteiger partial charge on any atom is -0.497 e. The van der Waals surface area contributed by atoms with Crippen molar-refractivity contribution in [2.45, 2.75) is 44.2 Å². The van der Waals surface area contributed by atoms with Gasteiger partial charge in [0.15, 0.2) is 0 Å². The van der Waals surface area contributed by atoms with Crippen LogP contribution in [0.3, 0.4) is 0 Å². The van der Waals surface area contributed by atoms with E-state index < -0.39 is 11.2 Å². The second-order valence-electron chi connectivity index (χ2n) is 9.80. The Bertz CT molecular complexity index is 1050. The average Bonchev–Trinajstić information content (AvgIpc) is 2.95. The predicted octanol–water partition coefficient (Wildman–Crippen LogP) is 3.18. The lowest BCUT2D eigenvalue weighted by Gasteiger charge is -2.39. The Morgan fingerprint density at radius 1 is 1.13 bits per heavy atom. The van der Waals surface area contributed by atoms with Crippen LogP contribution in [0, 0.1) is 10.1 Å². The molecule has 0 saturated carbocycles. The SMILES string of the molecule is COCCCN1CCOc2ccc(CO[C@H]3CNC[C@@H](OCC(C)O[N+](=O)[O-])[C@@H]3c3ccc(OC)cc3)cc21. The van der Waals surface area contributed by atoms with Gasteiger partial charge in [0.25, 0.3) is 5.09 Å². The molecule has 4 rings (SSSR count). The van der Waals surface area contributed by atoms with Crippen molar-refractivity contribution in [2.75, 3.05) is 65.1 Å². The van der Waals surface area contributed by atoms with E-state index in [4.69, 9.17) is 23.7 Å². The van der Waals surface area contributed by atoms with Crippen LogP contribution in [0.4, 0.5) is 5.69 Å². The largest absolute Gasteiger partial charge is 0.497 e. The number of nitrogens with one attached hydrogen (secondary N) is 1. The average molecular weight is 546 g/mol. The van der Waals surface area contributed by atoms with Crippen LogP contribution in [0.5, 0.6) is 11.5 Å². The Kier molecular flexibility index (Phi) is 10.6. The van der Waals surface area contributed by atoms with Gasteiger partial charge in [-0.25, -0.2) is 0 Å². The molecule has 0 aromatic heterocycles. The summed E-state index contributed by atoms with van der Waals surface area (Å²) in [6, 6.07) is 14.1. The summed E-state index contributed by atoms with van der Waals surface area (Å²) in [5, 5.41) is 13.3. The Hall–Kier alpha value is -3.12. The van der Waals surface area contributed by atoms with Crippen molar-refractivity contribution < 1.29 is 33.6 Å². The van der Waals surface area contributed by atoms with E-state index >= 15 is 0 Å². The van der Waals surface area contributed by atoms with Gasteiger partial charge >= 0.3 is 0 Å². The van der Waals surface area contributed by atoms with Crippen LogP contribution < -0.4 is 19.7 Å². The van der Waals surface area contributed by atoms with Gasteiger partial charge < -0.3 is 38.7 Å². The van der Waals surface area contributed by atoms with E-state index in [2.05, 4.69) is 21.1 Å². The topological polar surface area (TPSA) is 114 Å². The van der Waals surface area contributed by atoms with Crippen LogP contribution in [-0.4, -0.2) is 83.6 Å². The third-order valence-electron chi connectivity index (χ3n) is 7.03. The maximum Gasteiger partial charge on any atom is 0.294 e. The minimum absolute atomic E-state index is 0.0912. The van der Waals surface area contributed by atoms with Gasteiger partial charge in [-0.05, 0) is 48.7 Å². The first-order chi connectivity index (χ1) is 19.0. The van der Waals surface area contributed by atoms with Gasteiger partial charge in [0, 0.05) is 39.3 Å². The maximum atomic E-state index is 10.7. The third kappa shape index (κ3) is 7.95. The lowest BCUT2D eigenvalue weighted by molar-refractivity contribution is -0.768. The van der Waals surface area contributed by atoms with E-state index in [1.54, 1.807) is 21.1 Å². The number of hydrogen-bond acceptors (Lipinski definition) is 10. The molecule has 1 N–H and O–H groups in total. The van der Waals surface area contributed by atoms with Gasteiger partial charge in [0.1, 0.15) is 24.2 Å². The Labute approximate surface area is 229 Å². The fourth-order valence-corrected chi connectivity index (χ4v) is 5.12. The zero-order valence-corrected chi connectivity index (χ0v) is 22.9. The van der Waals surface area contributed by atoms with Crippen molar-refractivity contribution in [3.05, 3.63) is 63.7 Å². The molecule has 11 heteroatoms. The molecule has 4 atom stereocenters. The number of methoxy groups -OCH3 is 2. The first kappa shape index (κ1) is 28.9. The lowest BCUT2D eigenvalue weighted by atomic mass is 9.85. The summed E-state index contributed by atoms with van der Waals surface area (Å²) in [7, 11) is 3.36. The molecule has 2 heterocycles. The van der Waals surface area contributed by atoms with Crippen molar-refractivity contribution in [1.29, 1.82) is 0 Å². The highest BCUT2D eigenvalue weighted by molar-refractivity contribution is 5.61. The van der Waals surface area contributed by atoms with Crippen LogP contribution in [0.1, 0.15) is 30.4 Å². The molecule has 0 amide bonds. The van der Waals surface area contributed by atoms with Crippen LogP contribution >= 0.6 is 0 Å². The number of ether oxygens (including phenoxy) is 5. The van der Waals surface area contributed by atoms with Crippen LogP contribution in [-0.2, 0) is 25.7 Å². The summed E-state index contributed by atoms with van der Waals surface area (Å²) >= 11 is 0. The highest BCUT2D eigenvalue weighted by Gasteiger charge is 2.36. The van der Waals surface area contributed by atoms with Gasteiger partial charge in [-0.3, -0.25) is 0 Å². The molecule has 1 unspecified atom stereocenters. The summed E-state index contributed by atoms with van der Waals surface area (Å²) in [5.74, 6) is 1.56. The molecule has 0 radical (unpaired) electrons. The standard InChI is InChI=1S/C28H39N3O8/c1-20(39-31(32)33)18-37-26-16-29-17-27(28(26)22-6-8-23(35-3)9-7-22)38-19-21-5-10-25-24(15-21)30(12-14-36-25)11-4-13-34-2/h5-10,15,20,26-29H,4,11-14,16-19H2,1-3H3/t20?,26-,27+,28+/m1/s1. The fraction of sp³-hybridized carbons (Fsp3) is 0.571. The van der Waals surface area contributed by atoms with Crippen LogP contribution in [0.2, 0.25) is 0 Å². The maximum absolute atomic E-state index is 10.7. The highest BCUT2D eigenvalue weighted by Crippen LogP contribution is 2.35. The third-order valence-corrected chi connectivity index (χ3v) is 7.03. The molecule has 0 bridgehead atoms. The molecule has 0 spiro atoms. The first-order valence-corrected chi connectivity index (χ1v) is 13.4. The zero-order valence-electron chi connectivity index (χ0n) is 22.9. The van der Waals surface area contributed by atoms with E-state index in [-0.39, 0.29) is 24.7 Å². The van der Waals surface area contributed by atoms with Crippen molar-refractivity contribution in [2.24, 2.45) is 0 Å². The van der Waals surface area contributed by atoms with Gasteiger partial charge in [0.2, 0.25) is 0 Å². The first-order valence-electron chi connectivity index (χ1n) is 13.4. The molecule has 0 aliphatic carbocycles. The molecule has 1 fully saturated rings. The molecule has 214 valence electrons. The molecule has 11 nitrogen and oxygen atoms in total. The molecule has 2 aromatic carbocycles. The predicted molar refractivity (Wildman–Crippen MR) is 145 cm³/mol. The summed E-state index contributed by atoms with van der Waals surface area (Å²) in [6.45, 7) is 6.50. The number of fused-ring (bicyclic) bond motifs is 1. The number of hydrogen-bond donors (Lipinski definition) is 1. The molecule has 2 aromatic rings. The number of benzene rings is 2. The van der Waals surface area contributed by atoms with Gasteiger partial charge in [-0.2, -0.15) is 0 Å². The Balaban J connectivity index is 1.48. The Morgan fingerprint density at radius 2 is 1.90 bits per heavy atom. The molecule has 1 saturated heterocycles. The van der Waals surface area contributed by atoms with Crippen molar-refractivity contribution in [3.8, 4) is 11.5 Å². The smallest absolute Gasteiger partial charge is 0.294 e. The molecule has 2 aliphatic heterocycles. The molecular weight excluding hydrogens is 506 g/mol. The van der Waals surface area contributed by atoms with Crippen molar-refractivity contribution in [3.63, 3.8) is 0 Å².